The minimum atomic E-state index is -1.59. The fourth-order valence-corrected chi connectivity index (χ4v) is 5.27. The zero-order valence-corrected chi connectivity index (χ0v) is 24.1. The summed E-state index contributed by atoms with van der Waals surface area (Å²) in [7, 11) is 0. The molecule has 220 valence electrons. The first-order chi connectivity index (χ1) is 20.7. The van der Waals surface area contributed by atoms with Crippen molar-refractivity contribution in [3.63, 3.8) is 0 Å². The van der Waals surface area contributed by atoms with Gasteiger partial charge in [-0.1, -0.05) is 48.0 Å². The van der Waals surface area contributed by atoms with Crippen LogP contribution in [0.5, 0.6) is 11.5 Å². The lowest BCUT2D eigenvalue weighted by Crippen LogP contribution is -2.52. The maximum Gasteiger partial charge on any atom is 0.326 e. The van der Waals surface area contributed by atoms with Crippen LogP contribution >= 0.6 is 11.6 Å². The molecule has 0 saturated carbocycles. The minimum Gasteiger partial charge on any atom is -0.488 e. The number of hydrogen-bond acceptors (Lipinski definition) is 7. The van der Waals surface area contributed by atoms with Crippen molar-refractivity contribution in [2.45, 2.75) is 44.6 Å². The number of carboxylic acid groups (broad SMARTS) is 1. The summed E-state index contributed by atoms with van der Waals surface area (Å²) in [6.07, 6.45) is 4.06. The Hall–Kier alpha value is -4.49. The fraction of sp³-hybridized carbons (Fsp3) is 0.242. The maximum atomic E-state index is 14.6. The zero-order valence-electron chi connectivity index (χ0n) is 23.3. The third-order valence-electron chi connectivity index (χ3n) is 7.54. The van der Waals surface area contributed by atoms with Gasteiger partial charge < -0.3 is 19.7 Å². The standard InChI is InChI=1S/C33H29ClFN3O5/c1-33(19-39,32(40)41)38-17-22-12-27(34)31(13-30(22)42-18-21-11-20(14-36)15-37-16-21)43-29-10-9-24-23(6-4-7-26(24)29)25-5-2-3-8-28(25)35/h2-8,11-13,15-16,29,38-39H,9-10,17-19H2,1H3,(H,40,41)/t29-,33+/m1/s1. The lowest BCUT2D eigenvalue weighted by molar-refractivity contribution is -0.145. The van der Waals surface area contributed by atoms with E-state index in [-0.39, 0.29) is 30.1 Å². The van der Waals surface area contributed by atoms with E-state index in [1.165, 1.54) is 19.2 Å². The van der Waals surface area contributed by atoms with Crippen LogP contribution in [-0.4, -0.2) is 33.3 Å². The number of ether oxygens (including phenoxy) is 2. The quantitative estimate of drug-likeness (QED) is 0.192. The van der Waals surface area contributed by atoms with Crippen LogP contribution in [0.15, 0.2) is 73.1 Å². The molecule has 0 spiro atoms. The molecule has 0 amide bonds. The predicted octanol–water partition coefficient (Wildman–Crippen LogP) is 5.98. The van der Waals surface area contributed by atoms with Crippen LogP contribution in [0.2, 0.25) is 5.02 Å². The Bertz CT molecular complexity index is 1710. The Morgan fingerprint density at radius 3 is 2.70 bits per heavy atom. The highest BCUT2D eigenvalue weighted by Gasteiger charge is 2.32. The molecule has 3 N–H and O–H groups in total. The number of aliphatic hydroxyl groups excluding tert-OH is 1. The average Bonchev–Trinajstić information content (AvgIpc) is 3.43. The summed E-state index contributed by atoms with van der Waals surface area (Å²) in [4.78, 5) is 15.8. The number of aromatic nitrogens is 1. The number of carboxylic acids is 1. The molecule has 0 bridgehead atoms. The van der Waals surface area contributed by atoms with E-state index in [1.807, 2.05) is 30.3 Å². The number of benzene rings is 3. The number of nitriles is 1. The van der Waals surface area contributed by atoms with E-state index in [1.54, 1.807) is 36.5 Å². The molecule has 1 aromatic heterocycles. The number of nitrogens with one attached hydrogen (secondary N) is 1. The highest BCUT2D eigenvalue weighted by molar-refractivity contribution is 6.32. The van der Waals surface area contributed by atoms with Crippen molar-refractivity contribution in [3.8, 4) is 28.7 Å². The van der Waals surface area contributed by atoms with E-state index >= 15 is 0 Å². The van der Waals surface area contributed by atoms with Crippen LogP contribution in [0.25, 0.3) is 11.1 Å². The summed E-state index contributed by atoms with van der Waals surface area (Å²) in [5.74, 6) is -0.762. The second-order valence-corrected chi connectivity index (χ2v) is 10.9. The number of fused-ring (bicyclic) bond motifs is 1. The molecular weight excluding hydrogens is 573 g/mol. The summed E-state index contributed by atoms with van der Waals surface area (Å²) in [6.45, 7) is 0.843. The van der Waals surface area contributed by atoms with Gasteiger partial charge in [0.05, 0.1) is 17.2 Å². The van der Waals surface area contributed by atoms with Crippen LogP contribution in [0.4, 0.5) is 4.39 Å². The number of rotatable bonds is 11. The van der Waals surface area contributed by atoms with E-state index in [9.17, 15) is 24.7 Å². The second kappa shape index (κ2) is 12.8. The van der Waals surface area contributed by atoms with Gasteiger partial charge >= 0.3 is 5.97 Å². The summed E-state index contributed by atoms with van der Waals surface area (Å²) in [5.41, 5.74) is 3.33. The molecular formula is C33H29ClFN3O5. The SMILES string of the molecule is C[C@@](CO)(NCc1cc(Cl)c(O[C@@H]2CCc3c(-c4ccccc4F)cccc32)cc1OCc1cncc(C#N)c1)C(=O)O. The maximum absolute atomic E-state index is 14.6. The molecule has 0 saturated heterocycles. The van der Waals surface area contributed by atoms with Gasteiger partial charge in [0.25, 0.3) is 0 Å². The Morgan fingerprint density at radius 1 is 1.16 bits per heavy atom. The van der Waals surface area contributed by atoms with E-state index < -0.39 is 18.1 Å². The first kappa shape index (κ1) is 30.0. The third-order valence-corrected chi connectivity index (χ3v) is 7.83. The van der Waals surface area contributed by atoms with Gasteiger partial charge in [-0.05, 0) is 54.7 Å². The van der Waals surface area contributed by atoms with Gasteiger partial charge in [0.1, 0.15) is 41.6 Å². The van der Waals surface area contributed by atoms with Crippen molar-refractivity contribution in [2.75, 3.05) is 6.61 Å². The fourth-order valence-electron chi connectivity index (χ4n) is 5.04. The molecule has 0 radical (unpaired) electrons. The van der Waals surface area contributed by atoms with Gasteiger partial charge in [0, 0.05) is 41.7 Å². The molecule has 0 fully saturated rings. The highest BCUT2D eigenvalue weighted by Crippen LogP contribution is 2.43. The smallest absolute Gasteiger partial charge is 0.326 e. The number of hydrogen-bond donors (Lipinski definition) is 3. The minimum absolute atomic E-state index is 0.0213. The summed E-state index contributed by atoms with van der Waals surface area (Å²) in [5, 5.41) is 31.6. The number of pyridine rings is 1. The molecule has 8 nitrogen and oxygen atoms in total. The normalized spacial score (nSPS) is 15.3. The van der Waals surface area contributed by atoms with E-state index in [4.69, 9.17) is 21.1 Å². The van der Waals surface area contributed by atoms with Crippen LogP contribution in [0.3, 0.4) is 0 Å². The molecule has 4 aromatic rings. The number of aliphatic carboxylic acids is 1. The van der Waals surface area contributed by atoms with Crippen molar-refractivity contribution in [3.05, 3.63) is 112 Å². The number of aliphatic hydroxyl groups is 1. The van der Waals surface area contributed by atoms with E-state index in [0.717, 1.165) is 16.7 Å². The van der Waals surface area contributed by atoms with Gasteiger partial charge in [-0.15, -0.1) is 0 Å². The summed E-state index contributed by atoms with van der Waals surface area (Å²) in [6, 6.07) is 19.4. The zero-order chi connectivity index (χ0) is 30.6. The largest absolute Gasteiger partial charge is 0.488 e. The topological polar surface area (TPSA) is 125 Å². The van der Waals surface area contributed by atoms with Crippen LogP contribution in [-0.2, 0) is 24.4 Å². The molecule has 1 heterocycles. The van der Waals surface area contributed by atoms with Crippen molar-refractivity contribution in [1.82, 2.24) is 10.3 Å². The van der Waals surface area contributed by atoms with Crippen molar-refractivity contribution in [2.24, 2.45) is 0 Å². The number of halogens is 2. The van der Waals surface area contributed by atoms with Gasteiger partial charge in [-0.3, -0.25) is 15.1 Å². The first-order valence-corrected chi connectivity index (χ1v) is 14.0. The van der Waals surface area contributed by atoms with Crippen LogP contribution in [0.1, 0.15) is 47.3 Å². The van der Waals surface area contributed by atoms with Crippen LogP contribution in [0, 0.1) is 17.1 Å². The second-order valence-electron chi connectivity index (χ2n) is 10.5. The van der Waals surface area contributed by atoms with Crippen molar-refractivity contribution >= 4 is 17.6 Å². The summed E-state index contributed by atoms with van der Waals surface area (Å²) >= 11 is 6.69. The lowest BCUT2D eigenvalue weighted by atomic mass is 9.96. The molecule has 5 rings (SSSR count). The Balaban J connectivity index is 1.44. The number of carbonyl (C=O) groups is 1. The highest BCUT2D eigenvalue weighted by atomic mass is 35.5. The van der Waals surface area contributed by atoms with E-state index in [0.29, 0.717) is 46.6 Å². The Morgan fingerprint density at radius 2 is 1.95 bits per heavy atom. The van der Waals surface area contributed by atoms with Crippen LogP contribution < -0.4 is 14.8 Å². The molecule has 43 heavy (non-hydrogen) atoms. The predicted molar refractivity (Wildman–Crippen MR) is 158 cm³/mol. The third kappa shape index (κ3) is 6.47. The molecule has 0 aliphatic heterocycles. The lowest BCUT2D eigenvalue weighted by Gasteiger charge is -2.25. The van der Waals surface area contributed by atoms with Gasteiger partial charge in [-0.25, -0.2) is 4.39 Å². The van der Waals surface area contributed by atoms with Gasteiger partial charge in [-0.2, -0.15) is 5.26 Å². The average molecular weight is 602 g/mol. The first-order valence-electron chi connectivity index (χ1n) is 13.6. The molecule has 1 aliphatic rings. The van der Waals surface area contributed by atoms with Crippen molar-refractivity contribution in [1.29, 1.82) is 5.26 Å². The monoisotopic (exact) mass is 601 g/mol. The molecule has 3 aromatic carbocycles. The van der Waals surface area contributed by atoms with Gasteiger partial charge in [0.15, 0.2) is 0 Å². The number of nitrogens with zero attached hydrogens (tertiary/aromatic N) is 2. The van der Waals surface area contributed by atoms with Gasteiger partial charge in [0.2, 0.25) is 0 Å². The van der Waals surface area contributed by atoms with E-state index in [2.05, 4.69) is 10.3 Å². The molecule has 10 heteroatoms. The Kier molecular flexibility index (Phi) is 8.92. The van der Waals surface area contributed by atoms with Crippen molar-refractivity contribution < 1.29 is 28.9 Å². The summed E-state index contributed by atoms with van der Waals surface area (Å²) < 4.78 is 27.2. The molecule has 2 atom stereocenters. The Labute approximate surface area is 253 Å². The molecule has 1 aliphatic carbocycles. The molecule has 0 unspecified atom stereocenters.